The van der Waals surface area contributed by atoms with Crippen molar-refractivity contribution in [3.05, 3.63) is 87.5 Å². The van der Waals surface area contributed by atoms with Crippen LogP contribution in [0.3, 0.4) is 0 Å². The molecule has 16 heteroatoms. The average molecular weight is 930 g/mol. The molecular weight excluding hydrogens is 869 g/mol. The van der Waals surface area contributed by atoms with Gasteiger partial charge in [-0.1, -0.05) is 70.0 Å². The maximum Gasteiger partial charge on any atom is 0.416 e. The van der Waals surface area contributed by atoms with Crippen molar-refractivity contribution in [1.29, 1.82) is 5.26 Å². The number of likely N-dealkylation sites (tertiary alicyclic amines) is 1. The molecule has 4 aliphatic rings. The molecule has 1 saturated carbocycles. The lowest BCUT2D eigenvalue weighted by atomic mass is 9.44. The molecule has 1 aromatic heterocycles. The molecule has 0 radical (unpaired) electrons. The number of aliphatic hydroxyl groups is 1. The second-order valence-electron chi connectivity index (χ2n) is 19.2. The largest absolute Gasteiger partial charge is 0.489 e. The van der Waals surface area contributed by atoms with Crippen LogP contribution < -0.4 is 15.0 Å². The van der Waals surface area contributed by atoms with E-state index in [9.17, 15) is 29.5 Å². The molecule has 0 bridgehead atoms. The van der Waals surface area contributed by atoms with E-state index in [-0.39, 0.29) is 65.9 Å². The number of aliphatic hydroxyl groups excluding tert-OH is 1. The van der Waals surface area contributed by atoms with E-state index in [1.54, 1.807) is 49.7 Å². The van der Waals surface area contributed by atoms with Gasteiger partial charge >= 0.3 is 5.91 Å². The molecule has 3 amide bonds. The van der Waals surface area contributed by atoms with Crippen molar-refractivity contribution in [2.45, 2.75) is 97.7 Å². The second-order valence-corrected chi connectivity index (χ2v) is 20.0. The lowest BCUT2D eigenvalue weighted by Crippen LogP contribution is -2.66. The van der Waals surface area contributed by atoms with Crippen molar-refractivity contribution in [2.24, 2.45) is 22.7 Å². The summed E-state index contributed by atoms with van der Waals surface area (Å²) < 4.78 is 14.0. The quantitative estimate of drug-likeness (QED) is 0.140. The number of amides is 3. The van der Waals surface area contributed by atoms with Crippen LogP contribution in [0.2, 0.25) is 10.0 Å². The number of aromatic nitrogens is 1. The number of ether oxygens (including phenoxy) is 2. The molecule has 3 aliphatic heterocycles. The van der Waals surface area contributed by atoms with E-state index in [0.717, 1.165) is 37.6 Å². The van der Waals surface area contributed by atoms with E-state index in [4.69, 9.17) is 37.7 Å². The van der Waals surface area contributed by atoms with Gasteiger partial charge in [0.1, 0.15) is 29.8 Å². The Kier molecular flexibility index (Phi) is 14.7. The van der Waals surface area contributed by atoms with Crippen molar-refractivity contribution in [3.8, 4) is 11.8 Å². The highest BCUT2D eigenvalue weighted by Gasteiger charge is 2.63. The molecule has 2 saturated heterocycles. The molecular formula is C49H60Cl2N7O7+. The first-order valence-corrected chi connectivity index (χ1v) is 23.2. The van der Waals surface area contributed by atoms with Gasteiger partial charge in [0.15, 0.2) is 18.1 Å². The molecule has 346 valence electrons. The van der Waals surface area contributed by atoms with Gasteiger partial charge in [0, 0.05) is 105 Å². The van der Waals surface area contributed by atoms with Crippen molar-refractivity contribution >= 4 is 58.7 Å². The Hall–Kier alpha value is -4.91. The smallest absolute Gasteiger partial charge is 0.416 e. The van der Waals surface area contributed by atoms with Crippen LogP contribution >= 0.6 is 23.2 Å². The normalized spacial score (nSPS) is 25.5. The number of carbonyl (C=O) groups is 4. The molecule has 3 aromatic rings. The van der Waals surface area contributed by atoms with Crippen LogP contribution in [-0.2, 0) is 25.7 Å². The number of nitrogens with zero attached hydrogens (tertiary/aromatic N) is 6. The summed E-state index contributed by atoms with van der Waals surface area (Å²) in [4.78, 5) is 65.0. The number of halogens is 2. The highest BCUT2D eigenvalue weighted by molar-refractivity contribution is 6.31. The minimum atomic E-state index is -0.889. The molecule has 14 nitrogen and oxygen atoms in total. The third-order valence-corrected chi connectivity index (χ3v) is 14.5. The molecule has 0 spiro atoms. The molecule has 4 heterocycles. The summed E-state index contributed by atoms with van der Waals surface area (Å²) in [5.41, 5.74) is 1.25. The van der Waals surface area contributed by atoms with E-state index in [1.807, 2.05) is 31.2 Å². The van der Waals surface area contributed by atoms with Gasteiger partial charge in [0.05, 0.1) is 23.3 Å². The Morgan fingerprint density at radius 2 is 1.72 bits per heavy atom. The summed E-state index contributed by atoms with van der Waals surface area (Å²) in [6, 6.07) is 16.3. The van der Waals surface area contributed by atoms with Crippen LogP contribution in [0.4, 0.5) is 5.82 Å². The Morgan fingerprint density at radius 1 is 1.02 bits per heavy atom. The van der Waals surface area contributed by atoms with Crippen molar-refractivity contribution in [1.82, 2.24) is 20.1 Å². The van der Waals surface area contributed by atoms with E-state index in [0.29, 0.717) is 52.9 Å². The van der Waals surface area contributed by atoms with Gasteiger partial charge < -0.3 is 29.7 Å². The summed E-state index contributed by atoms with van der Waals surface area (Å²) in [6.07, 6.45) is 2.68. The number of hydrogen-bond acceptors (Lipinski definition) is 11. The van der Waals surface area contributed by atoms with Gasteiger partial charge in [0.25, 0.3) is 5.91 Å². The van der Waals surface area contributed by atoms with E-state index in [1.165, 1.54) is 9.48 Å². The maximum atomic E-state index is 13.9. The molecule has 1 unspecified atom stereocenters. The topological polar surface area (TPSA) is 168 Å². The Labute approximate surface area is 391 Å². The van der Waals surface area contributed by atoms with Crippen LogP contribution in [0.25, 0.3) is 0 Å². The van der Waals surface area contributed by atoms with Gasteiger partial charge in [-0.2, -0.15) is 9.84 Å². The lowest BCUT2D eigenvalue weighted by Gasteiger charge is -2.63. The first kappa shape index (κ1) is 48.0. The second kappa shape index (κ2) is 19.9. The highest BCUT2D eigenvalue weighted by Crippen LogP contribution is 2.61. The number of β-amino-alcohol motifs (C(OH)–C–C–N with tert-alkyl or cyclic N) is 1. The molecule has 2 aromatic carbocycles. The Bertz CT molecular complexity index is 2310. The SMILES string of the molecule is CC1C=[N+]([C@@H](C)C(=O)N2C[C@H](O)C[C@H]2C(=O)NCc2ccc(Cl)cc2)C(=O)[C@@H](OCCN2CCN(c3ccc(C(=O)CC4C(C)(C)C(Oc5ccc(C#N)c(Cl)c5)C4(C)C)cn3)CC2)C1. The van der Waals surface area contributed by atoms with E-state index in [2.05, 4.69) is 48.9 Å². The van der Waals surface area contributed by atoms with Gasteiger partial charge in [-0.25, -0.2) is 9.78 Å². The molecule has 1 aliphatic carbocycles. The molecule has 3 fully saturated rings. The monoisotopic (exact) mass is 928 g/mol. The molecule has 2 N–H and O–H groups in total. The Morgan fingerprint density at radius 3 is 2.37 bits per heavy atom. The number of benzene rings is 2. The van der Waals surface area contributed by atoms with E-state index >= 15 is 0 Å². The summed E-state index contributed by atoms with van der Waals surface area (Å²) in [6.45, 7) is 16.4. The number of nitrogens with one attached hydrogen (secondary N) is 1. The minimum Gasteiger partial charge on any atom is -0.489 e. The van der Waals surface area contributed by atoms with Crippen LogP contribution in [0.5, 0.6) is 5.75 Å². The van der Waals surface area contributed by atoms with Crippen molar-refractivity contribution < 1.29 is 38.3 Å². The number of carbonyl (C=O) groups excluding carboxylic acids is 4. The summed E-state index contributed by atoms with van der Waals surface area (Å²) in [5, 5.41) is 23.5. The number of anilines is 1. The molecule has 5 atom stereocenters. The third kappa shape index (κ3) is 10.6. The number of piperazine rings is 1. The van der Waals surface area contributed by atoms with Crippen LogP contribution in [0.1, 0.15) is 82.3 Å². The van der Waals surface area contributed by atoms with Gasteiger partial charge in [-0.05, 0) is 54.3 Å². The number of hydrogen-bond donors (Lipinski definition) is 2. The van der Waals surface area contributed by atoms with Gasteiger partial charge in [0.2, 0.25) is 11.9 Å². The summed E-state index contributed by atoms with van der Waals surface area (Å²) in [5.74, 6) is 0.420. The predicted molar refractivity (Wildman–Crippen MR) is 247 cm³/mol. The Balaban J connectivity index is 0.852. The lowest BCUT2D eigenvalue weighted by molar-refractivity contribution is -0.479. The zero-order valence-electron chi connectivity index (χ0n) is 38.0. The van der Waals surface area contributed by atoms with Crippen LogP contribution in [0, 0.1) is 34.0 Å². The number of pyridine rings is 1. The minimum absolute atomic E-state index is 0.00393. The first-order valence-electron chi connectivity index (χ1n) is 22.5. The molecule has 65 heavy (non-hydrogen) atoms. The number of Topliss-reactive ketones (excluding diaryl/α,β-unsaturated/α-hetero) is 1. The zero-order chi connectivity index (χ0) is 46.8. The third-order valence-electron chi connectivity index (χ3n) is 13.9. The van der Waals surface area contributed by atoms with Crippen LogP contribution in [-0.4, -0.2) is 130 Å². The number of nitriles is 1. The summed E-state index contributed by atoms with van der Waals surface area (Å²) >= 11 is 12.2. The summed E-state index contributed by atoms with van der Waals surface area (Å²) in [7, 11) is 0. The number of rotatable bonds is 15. The van der Waals surface area contributed by atoms with Crippen LogP contribution in [0.15, 0.2) is 60.8 Å². The standard InChI is InChI=1S/C49H59Cl2N7O7/c1-30-21-41(46(63)57(28-30)31(2)45(62)58-29-36(59)22-39(58)44(61)54-26-32-7-11-35(50)12-8-32)64-20-19-55-15-17-56(18-16-55)43-14-10-34(27-53-43)40(60)24-42-48(3,4)47(49(42,5)6)65-37-13-9-33(25-52)38(51)23-37/h7-14,23,27-28,30-31,36,39,41-42,47,59H,15-22,24,26,29H2,1-6H3/p+1/t30?,31-,36+,39-,41-,42?,47?/m0/s1. The maximum absolute atomic E-state index is 13.9. The predicted octanol–water partition coefficient (Wildman–Crippen LogP) is 5.79. The van der Waals surface area contributed by atoms with E-state index < -0.39 is 30.2 Å². The van der Waals surface area contributed by atoms with Gasteiger partial charge in [-0.15, -0.1) is 0 Å². The number of ketones is 1. The first-order chi connectivity index (χ1) is 30.9. The average Bonchev–Trinajstić information content (AvgIpc) is 3.69. The fourth-order valence-corrected chi connectivity index (χ4v) is 10.8. The fourth-order valence-electron chi connectivity index (χ4n) is 10.4. The van der Waals surface area contributed by atoms with Crippen molar-refractivity contribution in [2.75, 3.05) is 50.8 Å². The zero-order valence-corrected chi connectivity index (χ0v) is 39.5. The fraction of sp³-hybridized carbons (Fsp3) is 0.531. The highest BCUT2D eigenvalue weighted by atomic mass is 35.5. The molecule has 7 rings (SSSR count). The van der Waals surface area contributed by atoms with Gasteiger partial charge in [-0.3, -0.25) is 19.3 Å². The van der Waals surface area contributed by atoms with Crippen molar-refractivity contribution in [3.63, 3.8) is 0 Å².